The molecule has 0 radical (unpaired) electrons. The SMILES string of the molecule is COCC(=O)Nc1ccc2c(c1)C(=O)N(C)C[C@H](OC)[C@H](C)CN(C(=O)CC1CC1)[C@H](C)CO2. The molecule has 3 atom stereocenters. The number of amides is 3. The predicted molar refractivity (Wildman–Crippen MR) is 128 cm³/mol. The molecule has 9 heteroatoms. The highest BCUT2D eigenvalue weighted by Crippen LogP contribution is 2.33. The van der Waals surface area contributed by atoms with Gasteiger partial charge in [0.2, 0.25) is 11.8 Å². The standard InChI is InChI=1S/C25H37N3O6/c1-16-12-28(24(30)10-18-6-7-18)17(2)14-34-21-9-8-19(26-23(29)15-32-4)11-20(21)25(31)27(3)13-22(16)33-5/h8-9,11,16-18,22H,6-7,10,12-15H2,1-5H3,(H,26,29)/t16-,17-,22+/m1/s1. The van der Waals surface area contributed by atoms with Gasteiger partial charge in [-0.15, -0.1) is 0 Å². The van der Waals surface area contributed by atoms with Gasteiger partial charge in [0.05, 0.1) is 17.7 Å². The number of hydrogen-bond donors (Lipinski definition) is 1. The number of fused-ring (bicyclic) bond motifs is 1. The summed E-state index contributed by atoms with van der Waals surface area (Å²) in [6.45, 7) is 5.07. The number of rotatable bonds is 6. The summed E-state index contributed by atoms with van der Waals surface area (Å²) in [5, 5.41) is 2.73. The molecule has 1 aliphatic carbocycles. The number of nitrogens with zero attached hydrogens (tertiary/aromatic N) is 2. The van der Waals surface area contributed by atoms with Crippen LogP contribution >= 0.6 is 0 Å². The molecule has 3 amide bonds. The first-order valence-corrected chi connectivity index (χ1v) is 11.9. The number of nitrogens with one attached hydrogen (secondary N) is 1. The number of hydrogen-bond acceptors (Lipinski definition) is 6. The molecule has 1 saturated carbocycles. The molecule has 2 aliphatic rings. The van der Waals surface area contributed by atoms with E-state index in [2.05, 4.69) is 5.32 Å². The fourth-order valence-electron chi connectivity index (χ4n) is 4.22. The Balaban J connectivity index is 1.90. The van der Waals surface area contributed by atoms with Gasteiger partial charge in [-0.25, -0.2) is 0 Å². The lowest BCUT2D eigenvalue weighted by atomic mass is 10.0. The molecule has 0 aromatic heterocycles. The van der Waals surface area contributed by atoms with Crippen LogP contribution in [0.1, 0.15) is 43.5 Å². The van der Waals surface area contributed by atoms with E-state index in [-0.39, 0.29) is 49.0 Å². The van der Waals surface area contributed by atoms with Gasteiger partial charge in [0.1, 0.15) is 19.0 Å². The third kappa shape index (κ3) is 6.70. The lowest BCUT2D eigenvalue weighted by Crippen LogP contribution is -2.48. The van der Waals surface area contributed by atoms with Gasteiger partial charge in [-0.05, 0) is 43.9 Å². The van der Waals surface area contributed by atoms with E-state index in [1.807, 2.05) is 18.7 Å². The highest BCUT2D eigenvalue weighted by molar-refractivity contribution is 5.99. The summed E-state index contributed by atoms with van der Waals surface area (Å²) in [5.41, 5.74) is 0.813. The van der Waals surface area contributed by atoms with Gasteiger partial charge in [0, 0.05) is 52.4 Å². The number of benzene rings is 1. The molecule has 1 fully saturated rings. The first-order valence-electron chi connectivity index (χ1n) is 11.9. The third-order valence-corrected chi connectivity index (χ3v) is 6.48. The Morgan fingerprint density at radius 1 is 1.18 bits per heavy atom. The van der Waals surface area contributed by atoms with Crippen molar-refractivity contribution in [1.82, 2.24) is 9.80 Å². The van der Waals surface area contributed by atoms with E-state index in [1.54, 1.807) is 37.3 Å². The zero-order valence-corrected chi connectivity index (χ0v) is 20.8. The molecule has 0 unspecified atom stereocenters. The maximum atomic E-state index is 13.4. The normalized spacial score (nSPS) is 23.9. The van der Waals surface area contributed by atoms with E-state index in [1.165, 1.54) is 7.11 Å². The Hall–Kier alpha value is -2.65. The highest BCUT2D eigenvalue weighted by Gasteiger charge is 2.33. The molecule has 3 rings (SSSR count). The Morgan fingerprint density at radius 3 is 2.56 bits per heavy atom. The summed E-state index contributed by atoms with van der Waals surface area (Å²) < 4.78 is 16.7. The van der Waals surface area contributed by atoms with Crippen molar-refractivity contribution in [3.8, 4) is 5.75 Å². The molecule has 0 saturated heterocycles. The van der Waals surface area contributed by atoms with E-state index in [0.29, 0.717) is 42.4 Å². The minimum Gasteiger partial charge on any atom is -0.491 e. The van der Waals surface area contributed by atoms with Gasteiger partial charge in [-0.1, -0.05) is 6.92 Å². The number of carbonyl (C=O) groups excluding carboxylic acids is 3. The Morgan fingerprint density at radius 2 is 1.91 bits per heavy atom. The number of methoxy groups -OCH3 is 2. The van der Waals surface area contributed by atoms with Crippen molar-refractivity contribution in [3.63, 3.8) is 0 Å². The van der Waals surface area contributed by atoms with Crippen LogP contribution in [0.5, 0.6) is 5.75 Å². The monoisotopic (exact) mass is 475 g/mol. The zero-order valence-electron chi connectivity index (χ0n) is 20.8. The number of ether oxygens (including phenoxy) is 3. The second-order valence-electron chi connectivity index (χ2n) is 9.48. The van der Waals surface area contributed by atoms with Crippen LogP contribution in [0.25, 0.3) is 0 Å². The zero-order chi connectivity index (χ0) is 24.8. The molecular weight excluding hydrogens is 438 g/mol. The van der Waals surface area contributed by atoms with Crippen LogP contribution in [-0.2, 0) is 19.1 Å². The lowest BCUT2D eigenvalue weighted by Gasteiger charge is -2.36. The third-order valence-electron chi connectivity index (χ3n) is 6.48. The van der Waals surface area contributed by atoms with E-state index >= 15 is 0 Å². The summed E-state index contributed by atoms with van der Waals surface area (Å²) in [7, 11) is 4.79. The van der Waals surface area contributed by atoms with E-state index in [0.717, 1.165) is 12.8 Å². The van der Waals surface area contributed by atoms with Gasteiger partial charge < -0.3 is 29.3 Å². The molecule has 1 N–H and O–H groups in total. The lowest BCUT2D eigenvalue weighted by molar-refractivity contribution is -0.135. The highest BCUT2D eigenvalue weighted by atomic mass is 16.5. The Kier molecular flexibility index (Phi) is 8.90. The first kappa shape index (κ1) is 26.0. The van der Waals surface area contributed by atoms with Crippen LogP contribution in [0, 0.1) is 11.8 Å². The van der Waals surface area contributed by atoms with Crippen LogP contribution in [0.15, 0.2) is 18.2 Å². The largest absolute Gasteiger partial charge is 0.491 e. The molecule has 1 aromatic carbocycles. The van der Waals surface area contributed by atoms with Gasteiger partial charge in [0.15, 0.2) is 0 Å². The topological polar surface area (TPSA) is 97.4 Å². The van der Waals surface area contributed by atoms with E-state index in [9.17, 15) is 14.4 Å². The number of likely N-dealkylation sites (N-methyl/N-ethyl adjacent to an activating group) is 1. The summed E-state index contributed by atoms with van der Waals surface area (Å²) in [6, 6.07) is 4.80. The quantitative estimate of drug-likeness (QED) is 0.679. The maximum Gasteiger partial charge on any atom is 0.257 e. The van der Waals surface area contributed by atoms with Gasteiger partial charge in [-0.3, -0.25) is 14.4 Å². The van der Waals surface area contributed by atoms with Crippen molar-refractivity contribution in [1.29, 1.82) is 0 Å². The Labute approximate surface area is 201 Å². The van der Waals surface area contributed by atoms with Crippen molar-refractivity contribution in [2.24, 2.45) is 11.8 Å². The van der Waals surface area contributed by atoms with Crippen molar-refractivity contribution in [3.05, 3.63) is 23.8 Å². The Bertz CT molecular complexity index is 887. The summed E-state index contributed by atoms with van der Waals surface area (Å²) in [4.78, 5) is 41.9. The van der Waals surface area contributed by atoms with Crippen LogP contribution < -0.4 is 10.1 Å². The molecule has 1 heterocycles. The van der Waals surface area contributed by atoms with Crippen molar-refractivity contribution in [2.45, 2.75) is 45.3 Å². The fourth-order valence-corrected chi connectivity index (χ4v) is 4.22. The van der Waals surface area contributed by atoms with E-state index in [4.69, 9.17) is 14.2 Å². The van der Waals surface area contributed by atoms with Crippen molar-refractivity contribution < 1.29 is 28.6 Å². The molecule has 188 valence electrons. The van der Waals surface area contributed by atoms with Crippen LogP contribution in [-0.4, -0.2) is 87.2 Å². The first-order chi connectivity index (χ1) is 16.2. The van der Waals surface area contributed by atoms with E-state index < -0.39 is 0 Å². The summed E-state index contributed by atoms with van der Waals surface area (Å²) in [5.74, 6) is 0.506. The number of carbonyl (C=O) groups is 3. The second-order valence-corrected chi connectivity index (χ2v) is 9.48. The van der Waals surface area contributed by atoms with Crippen LogP contribution in [0.3, 0.4) is 0 Å². The van der Waals surface area contributed by atoms with Crippen LogP contribution in [0.2, 0.25) is 0 Å². The van der Waals surface area contributed by atoms with Gasteiger partial charge in [0.25, 0.3) is 5.91 Å². The maximum absolute atomic E-state index is 13.4. The van der Waals surface area contributed by atoms with Gasteiger partial charge >= 0.3 is 0 Å². The van der Waals surface area contributed by atoms with Crippen molar-refractivity contribution in [2.75, 3.05) is 52.9 Å². The second kappa shape index (κ2) is 11.7. The molecule has 0 spiro atoms. The molecule has 9 nitrogen and oxygen atoms in total. The van der Waals surface area contributed by atoms with Crippen LogP contribution in [0.4, 0.5) is 5.69 Å². The minimum absolute atomic E-state index is 0.0180. The summed E-state index contributed by atoms with van der Waals surface area (Å²) >= 11 is 0. The molecule has 0 bridgehead atoms. The molecule has 1 aromatic rings. The van der Waals surface area contributed by atoms with Crippen molar-refractivity contribution >= 4 is 23.4 Å². The molecule has 1 aliphatic heterocycles. The summed E-state index contributed by atoms with van der Waals surface area (Å²) in [6.07, 6.45) is 2.55. The molecular formula is C25H37N3O6. The molecule has 34 heavy (non-hydrogen) atoms. The smallest absolute Gasteiger partial charge is 0.257 e. The fraction of sp³-hybridized carbons (Fsp3) is 0.640. The average molecular weight is 476 g/mol. The number of anilines is 1. The average Bonchev–Trinajstić information content (AvgIpc) is 3.62. The predicted octanol–water partition coefficient (Wildman–Crippen LogP) is 2.40. The van der Waals surface area contributed by atoms with Gasteiger partial charge in [-0.2, -0.15) is 0 Å². The minimum atomic E-state index is -0.316.